The van der Waals surface area contributed by atoms with Crippen LogP contribution in [0, 0.1) is 19.8 Å². The molecule has 0 spiro atoms. The molecule has 1 aliphatic heterocycles. The molecule has 1 N–H and O–H groups in total. The highest BCUT2D eigenvalue weighted by molar-refractivity contribution is 7.88. The Morgan fingerprint density at radius 1 is 1.43 bits per heavy atom. The maximum Gasteiger partial charge on any atom is 0.241 e. The monoisotopic (exact) mass is 408 g/mol. The van der Waals surface area contributed by atoms with Crippen LogP contribution < -0.4 is 5.32 Å². The lowest BCUT2D eigenvalue weighted by Gasteiger charge is -2.24. The second kappa shape index (κ2) is 6.66. The Balaban J connectivity index is 1.51. The molecule has 28 heavy (non-hydrogen) atoms. The van der Waals surface area contributed by atoms with Gasteiger partial charge in [0.05, 0.1) is 17.4 Å². The molecule has 1 saturated carbocycles. The van der Waals surface area contributed by atoms with E-state index >= 15 is 0 Å². The van der Waals surface area contributed by atoms with Crippen molar-refractivity contribution in [1.29, 1.82) is 0 Å². The summed E-state index contributed by atoms with van der Waals surface area (Å²) in [7, 11) is -3.32. The zero-order chi connectivity index (χ0) is 20.1. The molecule has 1 amide bonds. The van der Waals surface area contributed by atoms with Crippen molar-refractivity contribution in [3.63, 3.8) is 0 Å². The summed E-state index contributed by atoms with van der Waals surface area (Å²) in [5.41, 5.74) is 0.291. The average Bonchev–Trinajstić information content (AvgIpc) is 3.30. The fraction of sp³-hybridized carbons (Fsp3) is 0.647. The van der Waals surface area contributed by atoms with E-state index < -0.39 is 15.4 Å². The van der Waals surface area contributed by atoms with E-state index in [-0.39, 0.29) is 24.4 Å². The van der Waals surface area contributed by atoms with E-state index in [1.165, 1.54) is 10.6 Å². The maximum absolute atomic E-state index is 12.4. The molecule has 10 nitrogen and oxygen atoms in total. The molecular formula is C17H24N6O4S. The Hall–Kier alpha value is -2.27. The predicted octanol–water partition coefficient (Wildman–Crippen LogP) is -0.00906. The summed E-state index contributed by atoms with van der Waals surface area (Å²) in [6.45, 7) is 4.45. The summed E-state index contributed by atoms with van der Waals surface area (Å²) in [6.07, 6.45) is 4.21. The van der Waals surface area contributed by atoms with Crippen molar-refractivity contribution in [2.24, 2.45) is 5.92 Å². The van der Waals surface area contributed by atoms with E-state index in [9.17, 15) is 13.2 Å². The van der Waals surface area contributed by atoms with Gasteiger partial charge in [0, 0.05) is 25.3 Å². The average molecular weight is 408 g/mol. The van der Waals surface area contributed by atoms with Crippen LogP contribution in [0.2, 0.25) is 0 Å². The minimum absolute atomic E-state index is 0.0133. The number of carbonyl (C=O) groups excluding carboxylic acids is 1. The van der Waals surface area contributed by atoms with Crippen LogP contribution in [0.3, 0.4) is 0 Å². The van der Waals surface area contributed by atoms with Crippen LogP contribution in [0.4, 0.5) is 0 Å². The van der Waals surface area contributed by atoms with E-state index in [0.717, 1.165) is 5.69 Å². The highest BCUT2D eigenvalue weighted by Gasteiger charge is 2.58. The zero-order valence-corrected chi connectivity index (χ0v) is 16.9. The molecule has 2 aromatic rings. The van der Waals surface area contributed by atoms with E-state index in [1.54, 1.807) is 17.8 Å². The molecule has 1 saturated heterocycles. The number of carbonyl (C=O) groups is 1. The Kier molecular flexibility index (Phi) is 4.53. The molecule has 3 unspecified atom stereocenters. The number of nitrogens with zero attached hydrogens (tertiary/aromatic N) is 5. The van der Waals surface area contributed by atoms with Gasteiger partial charge in [0.2, 0.25) is 21.8 Å². The molecule has 3 atom stereocenters. The van der Waals surface area contributed by atoms with Gasteiger partial charge in [0.1, 0.15) is 6.54 Å². The number of aromatic nitrogens is 4. The second-order valence-corrected chi connectivity index (χ2v) is 9.90. The van der Waals surface area contributed by atoms with Crippen LogP contribution in [0.5, 0.6) is 0 Å². The van der Waals surface area contributed by atoms with Gasteiger partial charge in [-0.1, -0.05) is 5.16 Å². The van der Waals surface area contributed by atoms with Gasteiger partial charge in [0.25, 0.3) is 0 Å². The molecule has 1 aliphatic carbocycles. The molecule has 0 aromatic carbocycles. The molecule has 0 bridgehead atoms. The third-order valence-electron chi connectivity index (χ3n) is 5.71. The van der Waals surface area contributed by atoms with E-state index in [1.807, 2.05) is 13.0 Å². The van der Waals surface area contributed by atoms with Crippen molar-refractivity contribution in [2.45, 2.75) is 44.7 Å². The number of nitrogens with one attached hydrogen (secondary N) is 1. The van der Waals surface area contributed by atoms with Gasteiger partial charge in [-0.25, -0.2) is 12.7 Å². The van der Waals surface area contributed by atoms with Gasteiger partial charge in [-0.3, -0.25) is 9.48 Å². The zero-order valence-electron chi connectivity index (χ0n) is 16.1. The molecule has 2 aromatic heterocycles. The molecule has 3 heterocycles. The summed E-state index contributed by atoms with van der Waals surface area (Å²) in [6, 6.07) is 1.77. The van der Waals surface area contributed by atoms with E-state index in [2.05, 4.69) is 20.6 Å². The quantitative estimate of drug-likeness (QED) is 0.738. The Labute approximate surface area is 163 Å². The van der Waals surface area contributed by atoms with Gasteiger partial charge in [-0.2, -0.15) is 10.1 Å². The minimum Gasteiger partial charge on any atom is -0.352 e. The van der Waals surface area contributed by atoms with Crippen molar-refractivity contribution >= 4 is 15.9 Å². The first-order valence-electron chi connectivity index (χ1n) is 9.21. The number of hydrogen-bond acceptors (Lipinski definition) is 7. The first-order valence-corrected chi connectivity index (χ1v) is 11.1. The van der Waals surface area contributed by atoms with Crippen LogP contribution in [0.25, 0.3) is 0 Å². The van der Waals surface area contributed by atoms with Crippen molar-refractivity contribution < 1.29 is 17.7 Å². The van der Waals surface area contributed by atoms with Crippen LogP contribution in [-0.2, 0) is 26.8 Å². The molecule has 152 valence electrons. The smallest absolute Gasteiger partial charge is 0.241 e. The Morgan fingerprint density at radius 3 is 2.82 bits per heavy atom. The van der Waals surface area contributed by atoms with Crippen molar-refractivity contribution in [3.05, 3.63) is 29.7 Å². The third-order valence-corrected chi connectivity index (χ3v) is 6.93. The molecule has 4 rings (SSSR count). The normalized spacial score (nSPS) is 27.8. The van der Waals surface area contributed by atoms with Crippen LogP contribution in [0.1, 0.15) is 30.3 Å². The Bertz CT molecular complexity index is 999. The second-order valence-electron chi connectivity index (χ2n) is 7.91. The SMILES string of the molecule is Cc1ccn(CC(=O)NC2CC3CN(S(C)(=O)=O)CC3(c3nc(C)no3)C2)n1. The number of aryl methyl sites for hydroxylation is 2. The van der Waals surface area contributed by atoms with Gasteiger partial charge in [-0.15, -0.1) is 0 Å². The van der Waals surface area contributed by atoms with Crippen LogP contribution in [-0.4, -0.2) is 63.9 Å². The van der Waals surface area contributed by atoms with Crippen LogP contribution >= 0.6 is 0 Å². The highest BCUT2D eigenvalue weighted by Crippen LogP contribution is 2.50. The molecule has 11 heteroatoms. The fourth-order valence-electron chi connectivity index (χ4n) is 4.49. The summed E-state index contributed by atoms with van der Waals surface area (Å²) < 4.78 is 32.7. The molecule has 2 aliphatic rings. The first kappa shape index (κ1) is 19.1. The summed E-state index contributed by atoms with van der Waals surface area (Å²) in [5.74, 6) is 0.868. The van der Waals surface area contributed by atoms with Crippen molar-refractivity contribution in [1.82, 2.24) is 29.5 Å². The predicted molar refractivity (Wildman–Crippen MR) is 98.7 cm³/mol. The number of sulfonamides is 1. The van der Waals surface area contributed by atoms with Gasteiger partial charge in [-0.05, 0) is 38.7 Å². The largest absolute Gasteiger partial charge is 0.352 e. The lowest BCUT2D eigenvalue weighted by atomic mass is 9.80. The van der Waals surface area contributed by atoms with Gasteiger partial charge >= 0.3 is 0 Å². The highest BCUT2D eigenvalue weighted by atomic mass is 32.2. The lowest BCUT2D eigenvalue weighted by Crippen LogP contribution is -2.40. The third kappa shape index (κ3) is 3.44. The summed E-state index contributed by atoms with van der Waals surface area (Å²) in [4.78, 5) is 16.8. The van der Waals surface area contributed by atoms with E-state index in [0.29, 0.717) is 37.6 Å². The van der Waals surface area contributed by atoms with Crippen molar-refractivity contribution in [3.8, 4) is 0 Å². The van der Waals surface area contributed by atoms with Crippen LogP contribution in [0.15, 0.2) is 16.8 Å². The van der Waals surface area contributed by atoms with Gasteiger partial charge in [0.15, 0.2) is 5.82 Å². The number of amides is 1. The summed E-state index contributed by atoms with van der Waals surface area (Å²) >= 11 is 0. The number of rotatable bonds is 5. The lowest BCUT2D eigenvalue weighted by molar-refractivity contribution is -0.122. The minimum atomic E-state index is -3.32. The van der Waals surface area contributed by atoms with Crippen molar-refractivity contribution in [2.75, 3.05) is 19.3 Å². The summed E-state index contributed by atoms with van der Waals surface area (Å²) in [5, 5.41) is 11.2. The first-order chi connectivity index (χ1) is 13.2. The number of fused-ring (bicyclic) bond motifs is 1. The standard InChI is InChI=1S/C17H24N6O4S/c1-11-4-5-22(20-11)9-15(24)19-14-6-13-8-23(28(3,25)26)10-17(13,7-14)16-18-12(2)21-27-16/h4-5,13-14H,6-10H2,1-3H3,(H,19,24). The molecule has 0 radical (unpaired) electrons. The topological polar surface area (TPSA) is 123 Å². The maximum atomic E-state index is 12.4. The fourth-order valence-corrected chi connectivity index (χ4v) is 5.41. The Morgan fingerprint density at radius 2 is 2.21 bits per heavy atom. The molecular weight excluding hydrogens is 384 g/mol. The molecule has 2 fully saturated rings. The van der Waals surface area contributed by atoms with Gasteiger partial charge < -0.3 is 9.84 Å². The van der Waals surface area contributed by atoms with E-state index in [4.69, 9.17) is 4.52 Å². The number of hydrogen-bond donors (Lipinski definition) is 1.